The highest BCUT2D eigenvalue weighted by atomic mass is 19.1. The minimum absolute atomic E-state index is 0.0294. The Bertz CT molecular complexity index is 1620. The van der Waals surface area contributed by atoms with E-state index < -0.39 is 17.1 Å². The van der Waals surface area contributed by atoms with Gasteiger partial charge in [0.15, 0.2) is 5.60 Å². The molecule has 2 saturated heterocycles. The lowest BCUT2D eigenvalue weighted by Crippen LogP contribution is -2.50. The van der Waals surface area contributed by atoms with Gasteiger partial charge in [0.2, 0.25) is 0 Å². The van der Waals surface area contributed by atoms with Crippen molar-refractivity contribution >= 4 is 16.9 Å². The Labute approximate surface area is 217 Å². The number of benzene rings is 1. The number of fused-ring (bicyclic) bond motifs is 7. The molecule has 3 atom stereocenters. The van der Waals surface area contributed by atoms with Gasteiger partial charge < -0.3 is 24.3 Å². The summed E-state index contributed by atoms with van der Waals surface area (Å²) >= 11 is 0. The number of morpholine rings is 1. The minimum atomic E-state index is -1.92. The largest absolute Gasteiger partial charge is 0.458 e. The number of hydrogen-bond acceptors (Lipinski definition) is 8. The van der Waals surface area contributed by atoms with Crippen LogP contribution in [0.3, 0.4) is 0 Å². The number of carbonyl (C=O) groups excluding carboxylic acids is 1. The lowest BCUT2D eigenvalue weighted by molar-refractivity contribution is -0.172. The van der Waals surface area contributed by atoms with Crippen molar-refractivity contribution < 1.29 is 28.9 Å². The molecule has 3 aromatic rings. The van der Waals surface area contributed by atoms with Gasteiger partial charge in [-0.25, -0.2) is 14.2 Å². The third kappa shape index (κ3) is 3.02. The van der Waals surface area contributed by atoms with Crippen LogP contribution in [0.4, 0.5) is 4.39 Å². The van der Waals surface area contributed by atoms with Gasteiger partial charge in [0.05, 0.1) is 53.9 Å². The number of nitrogens with zero attached hydrogens (tertiary/aromatic N) is 3. The number of halogens is 1. The Hall–Kier alpha value is -3.18. The summed E-state index contributed by atoms with van der Waals surface area (Å²) in [5.74, 6) is -1.15. The van der Waals surface area contributed by atoms with Gasteiger partial charge in [-0.15, -0.1) is 0 Å². The number of aryl methyl sites for hydroxylation is 1. The monoisotopic (exact) mass is 521 g/mol. The Balaban J connectivity index is 1.45. The van der Waals surface area contributed by atoms with E-state index in [0.29, 0.717) is 42.2 Å². The molecule has 0 spiro atoms. The van der Waals surface area contributed by atoms with Gasteiger partial charge >= 0.3 is 5.97 Å². The zero-order chi connectivity index (χ0) is 26.6. The molecule has 10 heteroatoms. The molecule has 0 radical (unpaired) electrons. The van der Waals surface area contributed by atoms with Crippen LogP contribution in [0.2, 0.25) is 0 Å². The second kappa shape index (κ2) is 7.92. The predicted octanol–water partition coefficient (Wildman–Crippen LogP) is 1.86. The number of pyridine rings is 2. The molecule has 6 heterocycles. The van der Waals surface area contributed by atoms with E-state index in [1.165, 1.54) is 6.07 Å². The molecule has 198 valence electrons. The van der Waals surface area contributed by atoms with Crippen molar-refractivity contribution in [1.82, 2.24) is 14.5 Å². The van der Waals surface area contributed by atoms with Crippen LogP contribution in [-0.2, 0) is 39.6 Å². The number of aliphatic hydroxyl groups excluding tert-OH is 1. The molecule has 2 fully saturated rings. The topological polar surface area (TPSA) is 114 Å². The van der Waals surface area contributed by atoms with E-state index in [4.69, 9.17) is 14.5 Å². The second-order valence-electron chi connectivity index (χ2n) is 11.0. The van der Waals surface area contributed by atoms with Gasteiger partial charge in [-0.2, -0.15) is 0 Å². The third-order valence-corrected chi connectivity index (χ3v) is 9.02. The summed E-state index contributed by atoms with van der Waals surface area (Å²) in [7, 11) is 0. The van der Waals surface area contributed by atoms with Crippen LogP contribution in [0.25, 0.3) is 22.3 Å². The van der Waals surface area contributed by atoms with E-state index in [2.05, 4.69) is 4.90 Å². The number of esters is 1. The van der Waals surface area contributed by atoms with Gasteiger partial charge in [-0.05, 0) is 43.0 Å². The molecule has 38 heavy (non-hydrogen) atoms. The Kier molecular flexibility index (Phi) is 4.98. The maximum Gasteiger partial charge on any atom is 0.343 e. The van der Waals surface area contributed by atoms with Crippen molar-refractivity contribution in [2.45, 2.75) is 63.6 Å². The van der Waals surface area contributed by atoms with Crippen LogP contribution < -0.4 is 5.56 Å². The lowest BCUT2D eigenvalue weighted by Gasteiger charge is -2.37. The molecule has 0 aliphatic carbocycles. The number of rotatable bonds is 4. The van der Waals surface area contributed by atoms with Crippen LogP contribution in [0.1, 0.15) is 47.6 Å². The average molecular weight is 522 g/mol. The molecule has 2 unspecified atom stereocenters. The van der Waals surface area contributed by atoms with Gasteiger partial charge in [0.25, 0.3) is 5.56 Å². The Morgan fingerprint density at radius 2 is 2.05 bits per heavy atom. The normalized spacial score (nSPS) is 27.5. The van der Waals surface area contributed by atoms with Gasteiger partial charge in [0, 0.05) is 35.7 Å². The molecule has 7 rings (SSSR count). The molecule has 2 bridgehead atoms. The number of aliphatic hydroxyl groups is 2. The number of likely N-dealkylation sites (tertiary alicyclic amines) is 1. The van der Waals surface area contributed by atoms with E-state index in [-0.39, 0.29) is 54.8 Å². The van der Waals surface area contributed by atoms with Crippen LogP contribution >= 0.6 is 0 Å². The first-order valence-corrected chi connectivity index (χ1v) is 13.0. The van der Waals surface area contributed by atoms with Crippen molar-refractivity contribution in [3.8, 4) is 11.4 Å². The van der Waals surface area contributed by atoms with Crippen molar-refractivity contribution in [2.24, 2.45) is 0 Å². The lowest BCUT2D eigenvalue weighted by atomic mass is 9.86. The maximum atomic E-state index is 14.7. The van der Waals surface area contributed by atoms with E-state index >= 15 is 0 Å². The highest BCUT2D eigenvalue weighted by Gasteiger charge is 2.52. The highest BCUT2D eigenvalue weighted by Crippen LogP contribution is 2.43. The zero-order valence-electron chi connectivity index (χ0n) is 21.2. The van der Waals surface area contributed by atoms with Crippen LogP contribution in [0.5, 0.6) is 0 Å². The first kappa shape index (κ1) is 23.9. The van der Waals surface area contributed by atoms with Crippen molar-refractivity contribution in [3.05, 3.63) is 62.2 Å². The molecule has 0 amide bonds. The van der Waals surface area contributed by atoms with E-state index in [0.717, 1.165) is 22.9 Å². The number of hydrogen-bond donors (Lipinski definition) is 2. The molecule has 4 aliphatic heterocycles. The molecule has 0 saturated carbocycles. The summed E-state index contributed by atoms with van der Waals surface area (Å²) in [5.41, 5.74) is 1.50. The van der Waals surface area contributed by atoms with E-state index in [1.54, 1.807) is 30.5 Å². The number of carbonyl (C=O) groups is 1. The van der Waals surface area contributed by atoms with E-state index in [9.17, 15) is 24.2 Å². The smallest absolute Gasteiger partial charge is 0.343 e. The fourth-order valence-corrected chi connectivity index (χ4v) is 6.70. The summed E-state index contributed by atoms with van der Waals surface area (Å²) in [6.07, 6.45) is 0.855. The van der Waals surface area contributed by atoms with Crippen molar-refractivity contribution in [2.75, 3.05) is 19.8 Å². The predicted molar refractivity (Wildman–Crippen MR) is 134 cm³/mol. The fraction of sp³-hybridized carbons (Fsp3) is 0.464. The maximum absolute atomic E-state index is 14.7. The van der Waals surface area contributed by atoms with Crippen molar-refractivity contribution in [1.29, 1.82) is 0 Å². The Morgan fingerprint density at radius 1 is 1.24 bits per heavy atom. The fourth-order valence-electron chi connectivity index (χ4n) is 6.70. The summed E-state index contributed by atoms with van der Waals surface area (Å²) in [5, 5.41) is 22.2. The van der Waals surface area contributed by atoms with Crippen LogP contribution in [0, 0.1) is 12.7 Å². The summed E-state index contributed by atoms with van der Waals surface area (Å²) < 4.78 is 27.3. The molecule has 2 aromatic heterocycles. The minimum Gasteiger partial charge on any atom is -0.458 e. The van der Waals surface area contributed by atoms with Crippen LogP contribution in [-0.4, -0.2) is 62.0 Å². The molecule has 9 nitrogen and oxygen atoms in total. The molecule has 1 aromatic carbocycles. The van der Waals surface area contributed by atoms with Gasteiger partial charge in [0.1, 0.15) is 12.4 Å². The number of ether oxygens (including phenoxy) is 2. The summed E-state index contributed by atoms with van der Waals surface area (Å²) in [4.78, 5) is 33.2. The SMILES string of the molecule is CC[C@@]1(O)C(=O)OCc2c1cc1n(c2=O)Cc2c-1nc1cc(F)c(C)cc1c2CN1CC2CC1(CO)CO2. The summed E-state index contributed by atoms with van der Waals surface area (Å²) in [6.45, 7) is 4.99. The average Bonchev–Trinajstić information content (AvgIpc) is 3.59. The van der Waals surface area contributed by atoms with E-state index in [1.807, 2.05) is 0 Å². The third-order valence-electron chi connectivity index (χ3n) is 9.02. The zero-order valence-corrected chi connectivity index (χ0v) is 21.2. The molecule has 2 N–H and O–H groups in total. The number of cyclic esters (lactones) is 1. The van der Waals surface area contributed by atoms with Gasteiger partial charge in [-0.3, -0.25) is 9.69 Å². The molecular formula is C28H28FN3O6. The standard InChI is InChI=1S/C28H28FN3O6/c1-3-28(36)20-5-23-24-18(10-32(23)25(34)19(20)11-37-26(28)35)17(16-4-14(2)21(29)6-22(16)30-24)9-31-8-15-7-27(31,12-33)13-38-15/h4-6,15,33,36H,3,7-13H2,1-2H3/t15?,27?,28-/m0/s1. The molecule has 4 aliphatic rings. The van der Waals surface area contributed by atoms with Crippen molar-refractivity contribution in [3.63, 3.8) is 0 Å². The van der Waals surface area contributed by atoms with Crippen LogP contribution in [0.15, 0.2) is 23.0 Å². The quantitative estimate of drug-likeness (QED) is 0.392. The highest BCUT2D eigenvalue weighted by molar-refractivity contribution is 5.89. The first-order chi connectivity index (χ1) is 18.2. The Morgan fingerprint density at radius 3 is 2.79 bits per heavy atom. The first-order valence-electron chi connectivity index (χ1n) is 13.0. The number of aromatic nitrogens is 2. The second-order valence-corrected chi connectivity index (χ2v) is 11.0. The summed E-state index contributed by atoms with van der Waals surface area (Å²) in [6, 6.07) is 4.87. The molecular weight excluding hydrogens is 493 g/mol. The van der Waals surface area contributed by atoms with Gasteiger partial charge in [-0.1, -0.05) is 6.92 Å².